The molecule has 1 aliphatic heterocycles. The van der Waals surface area contributed by atoms with Gasteiger partial charge in [0.05, 0.1) is 12.1 Å². The molecule has 1 unspecified atom stereocenters. The summed E-state index contributed by atoms with van der Waals surface area (Å²) in [5.74, 6) is -0.843. The zero-order valence-corrected chi connectivity index (χ0v) is 15.6. The Morgan fingerprint density at radius 2 is 2.00 bits per heavy atom. The van der Waals surface area contributed by atoms with E-state index in [4.69, 9.17) is 9.47 Å². The number of aryl methyl sites for hydroxylation is 1. The highest BCUT2D eigenvalue weighted by Gasteiger charge is 2.30. The van der Waals surface area contributed by atoms with Gasteiger partial charge in [-0.15, -0.1) is 0 Å². The number of esters is 1. The van der Waals surface area contributed by atoms with E-state index in [2.05, 4.69) is 5.32 Å². The van der Waals surface area contributed by atoms with Gasteiger partial charge in [-0.1, -0.05) is 12.1 Å². The number of fused-ring (bicyclic) bond motifs is 1. The molecule has 2 heterocycles. The van der Waals surface area contributed by atoms with Crippen LogP contribution in [0.2, 0.25) is 0 Å². The predicted octanol–water partition coefficient (Wildman–Crippen LogP) is 2.64. The second-order valence-corrected chi connectivity index (χ2v) is 6.41. The summed E-state index contributed by atoms with van der Waals surface area (Å²) in [7, 11) is 0. The standard InChI is InChI=1S/C20H22N2O5/c1-4-22-12(2)9-14(13(22)3)16(23)11-26-19(24)10-18-20(25)21-15-7-5-6-8-17(15)27-18/h5-9,18H,4,10-11H2,1-3H3,(H,21,25). The number of hydrogen-bond donors (Lipinski definition) is 1. The minimum absolute atomic E-state index is 0.262. The summed E-state index contributed by atoms with van der Waals surface area (Å²) in [6.45, 7) is 6.19. The van der Waals surface area contributed by atoms with Crippen molar-refractivity contribution in [3.63, 3.8) is 0 Å². The lowest BCUT2D eigenvalue weighted by atomic mass is 10.1. The fraction of sp³-hybridized carbons (Fsp3) is 0.350. The fourth-order valence-corrected chi connectivity index (χ4v) is 3.23. The Kier molecular flexibility index (Phi) is 5.30. The number of para-hydroxylation sites is 2. The number of aromatic nitrogens is 1. The molecule has 1 aromatic carbocycles. The first-order chi connectivity index (χ1) is 12.9. The van der Waals surface area contributed by atoms with E-state index in [0.717, 1.165) is 17.9 Å². The van der Waals surface area contributed by atoms with E-state index in [1.807, 2.05) is 25.3 Å². The van der Waals surface area contributed by atoms with Crippen molar-refractivity contribution < 1.29 is 23.9 Å². The van der Waals surface area contributed by atoms with Gasteiger partial charge in [0.2, 0.25) is 5.78 Å². The lowest BCUT2D eigenvalue weighted by Gasteiger charge is -2.25. The first kappa shape index (κ1) is 18.7. The average molecular weight is 370 g/mol. The molecular weight excluding hydrogens is 348 g/mol. The zero-order valence-electron chi connectivity index (χ0n) is 15.6. The number of ether oxygens (including phenoxy) is 2. The molecular formula is C20H22N2O5. The number of amides is 1. The summed E-state index contributed by atoms with van der Waals surface area (Å²) < 4.78 is 12.7. The maximum atomic E-state index is 12.4. The average Bonchev–Trinajstić information content (AvgIpc) is 2.94. The second-order valence-electron chi connectivity index (χ2n) is 6.41. The molecule has 3 rings (SSSR count). The van der Waals surface area contributed by atoms with Crippen LogP contribution in [0.3, 0.4) is 0 Å². The van der Waals surface area contributed by atoms with Crippen molar-refractivity contribution >= 4 is 23.3 Å². The molecule has 0 bridgehead atoms. The van der Waals surface area contributed by atoms with Gasteiger partial charge in [-0.2, -0.15) is 0 Å². The van der Waals surface area contributed by atoms with Gasteiger partial charge >= 0.3 is 5.97 Å². The molecule has 7 heteroatoms. The molecule has 0 saturated heterocycles. The molecule has 2 aromatic rings. The van der Waals surface area contributed by atoms with Crippen LogP contribution < -0.4 is 10.1 Å². The molecule has 27 heavy (non-hydrogen) atoms. The summed E-state index contributed by atoms with van der Waals surface area (Å²) in [5, 5.41) is 2.69. The van der Waals surface area contributed by atoms with Crippen LogP contribution in [-0.4, -0.2) is 34.9 Å². The Balaban J connectivity index is 1.57. The second kappa shape index (κ2) is 7.65. The third-order valence-corrected chi connectivity index (χ3v) is 4.61. The third-order valence-electron chi connectivity index (χ3n) is 4.61. The van der Waals surface area contributed by atoms with Gasteiger partial charge in [-0.3, -0.25) is 14.4 Å². The van der Waals surface area contributed by atoms with Gasteiger partial charge in [0, 0.05) is 23.5 Å². The predicted molar refractivity (Wildman–Crippen MR) is 99.0 cm³/mol. The Morgan fingerprint density at radius 3 is 2.70 bits per heavy atom. The molecule has 1 atom stereocenters. The van der Waals surface area contributed by atoms with Crippen molar-refractivity contribution in [2.24, 2.45) is 0 Å². The molecule has 0 aliphatic carbocycles. The maximum Gasteiger partial charge on any atom is 0.310 e. The smallest absolute Gasteiger partial charge is 0.310 e. The van der Waals surface area contributed by atoms with E-state index < -0.39 is 18.0 Å². The minimum Gasteiger partial charge on any atom is -0.478 e. The minimum atomic E-state index is -0.979. The summed E-state index contributed by atoms with van der Waals surface area (Å²) >= 11 is 0. The number of ketones is 1. The highest BCUT2D eigenvalue weighted by Crippen LogP contribution is 2.29. The summed E-state index contributed by atoms with van der Waals surface area (Å²) in [6, 6.07) is 8.77. The normalized spacial score (nSPS) is 15.5. The summed E-state index contributed by atoms with van der Waals surface area (Å²) in [4.78, 5) is 36.5. The number of carbonyl (C=O) groups is 3. The van der Waals surface area contributed by atoms with E-state index in [9.17, 15) is 14.4 Å². The number of nitrogens with zero attached hydrogens (tertiary/aromatic N) is 1. The van der Waals surface area contributed by atoms with E-state index in [1.54, 1.807) is 30.3 Å². The number of Topliss-reactive ketones (excluding diaryl/α,β-unsaturated/α-hetero) is 1. The molecule has 0 fully saturated rings. The van der Waals surface area contributed by atoms with Gasteiger partial charge in [0.1, 0.15) is 5.75 Å². The Morgan fingerprint density at radius 1 is 1.26 bits per heavy atom. The number of hydrogen-bond acceptors (Lipinski definition) is 5. The van der Waals surface area contributed by atoms with Crippen LogP contribution in [0.15, 0.2) is 30.3 Å². The number of benzene rings is 1. The lowest BCUT2D eigenvalue weighted by molar-refractivity contribution is -0.146. The monoisotopic (exact) mass is 370 g/mol. The van der Waals surface area contributed by atoms with Crippen LogP contribution in [-0.2, 0) is 20.9 Å². The third kappa shape index (κ3) is 3.86. The topological polar surface area (TPSA) is 86.6 Å². The molecule has 1 amide bonds. The van der Waals surface area contributed by atoms with Crippen molar-refractivity contribution in [2.45, 2.75) is 39.8 Å². The van der Waals surface area contributed by atoms with Gasteiger partial charge in [0.15, 0.2) is 12.7 Å². The van der Waals surface area contributed by atoms with Crippen LogP contribution in [0.4, 0.5) is 5.69 Å². The summed E-state index contributed by atoms with van der Waals surface area (Å²) in [6.07, 6.45) is -1.24. The molecule has 0 saturated carbocycles. The Labute approximate surface area is 157 Å². The molecule has 142 valence electrons. The van der Waals surface area contributed by atoms with E-state index in [1.165, 1.54) is 0 Å². The van der Waals surface area contributed by atoms with Gasteiger partial charge in [-0.25, -0.2) is 0 Å². The van der Waals surface area contributed by atoms with Crippen LogP contribution in [0.25, 0.3) is 0 Å². The quantitative estimate of drug-likeness (QED) is 0.624. The number of carbonyl (C=O) groups excluding carboxylic acids is 3. The van der Waals surface area contributed by atoms with Crippen molar-refractivity contribution in [2.75, 3.05) is 11.9 Å². The molecule has 0 spiro atoms. The molecule has 1 aromatic heterocycles. The highest BCUT2D eigenvalue weighted by atomic mass is 16.5. The van der Waals surface area contributed by atoms with Crippen LogP contribution in [0, 0.1) is 13.8 Å². The maximum absolute atomic E-state index is 12.4. The van der Waals surface area contributed by atoms with Crippen LogP contribution in [0.5, 0.6) is 5.75 Å². The zero-order chi connectivity index (χ0) is 19.6. The number of anilines is 1. The molecule has 7 nitrogen and oxygen atoms in total. The van der Waals surface area contributed by atoms with Crippen molar-refractivity contribution in [3.05, 3.63) is 47.3 Å². The van der Waals surface area contributed by atoms with Gasteiger partial charge in [0.25, 0.3) is 5.91 Å². The largest absolute Gasteiger partial charge is 0.478 e. The Hall–Kier alpha value is -3.09. The first-order valence-electron chi connectivity index (χ1n) is 8.82. The Bertz CT molecular complexity index is 900. The van der Waals surface area contributed by atoms with Gasteiger partial charge in [-0.05, 0) is 39.0 Å². The highest BCUT2D eigenvalue weighted by molar-refractivity contribution is 6.01. The number of nitrogens with one attached hydrogen (secondary N) is 1. The van der Waals surface area contributed by atoms with Crippen molar-refractivity contribution in [1.29, 1.82) is 0 Å². The SMILES string of the molecule is CCn1c(C)cc(C(=O)COC(=O)CC2Oc3ccccc3NC2=O)c1C. The van der Waals surface area contributed by atoms with Crippen molar-refractivity contribution in [3.8, 4) is 5.75 Å². The molecule has 1 N–H and O–H groups in total. The molecule has 0 radical (unpaired) electrons. The number of rotatable bonds is 6. The summed E-state index contributed by atoms with van der Waals surface area (Å²) in [5.41, 5.74) is 2.94. The van der Waals surface area contributed by atoms with Crippen molar-refractivity contribution in [1.82, 2.24) is 4.57 Å². The fourth-order valence-electron chi connectivity index (χ4n) is 3.23. The van der Waals surface area contributed by atoms with E-state index in [-0.39, 0.29) is 18.8 Å². The van der Waals surface area contributed by atoms with Crippen LogP contribution >= 0.6 is 0 Å². The first-order valence-corrected chi connectivity index (χ1v) is 8.82. The van der Waals surface area contributed by atoms with E-state index in [0.29, 0.717) is 17.0 Å². The lowest BCUT2D eigenvalue weighted by Crippen LogP contribution is -2.39. The molecule has 1 aliphatic rings. The van der Waals surface area contributed by atoms with E-state index >= 15 is 0 Å². The van der Waals surface area contributed by atoms with Gasteiger partial charge < -0.3 is 19.4 Å². The van der Waals surface area contributed by atoms with Crippen LogP contribution in [0.1, 0.15) is 35.1 Å².